The van der Waals surface area contributed by atoms with Crippen LogP contribution in [0.1, 0.15) is 13.8 Å². The third-order valence-corrected chi connectivity index (χ3v) is 2.41. The Morgan fingerprint density at radius 1 is 1.22 bits per heavy atom. The molecule has 2 heteroatoms. The van der Waals surface area contributed by atoms with E-state index in [2.05, 4.69) is 0 Å². The van der Waals surface area contributed by atoms with Gasteiger partial charge in [0.1, 0.15) is 13.5 Å². The monoisotopic (exact) mass is 128 g/mol. The third kappa shape index (κ3) is 1.47. The zero-order valence-corrected chi connectivity index (χ0v) is 6.23. The molecule has 0 bridgehead atoms. The molecule has 1 fully saturated rings. The van der Waals surface area contributed by atoms with Gasteiger partial charge in [0.2, 0.25) is 0 Å². The first-order valence-electron chi connectivity index (χ1n) is 3.86. The normalized spacial score (nSPS) is 44.1. The summed E-state index contributed by atoms with van der Waals surface area (Å²) in [5.74, 6) is 0.627. The molecule has 0 spiro atoms. The lowest BCUT2D eigenvalue weighted by atomic mass is 9.56. The van der Waals surface area contributed by atoms with Gasteiger partial charge >= 0.3 is 0 Å². The van der Waals surface area contributed by atoms with E-state index in [1.165, 1.54) is 7.28 Å². The first-order chi connectivity index (χ1) is 4.22. The molecule has 0 aliphatic carbocycles. The van der Waals surface area contributed by atoms with Gasteiger partial charge in [0.15, 0.2) is 0 Å². The van der Waals surface area contributed by atoms with Crippen LogP contribution in [0.4, 0.5) is 4.39 Å². The average Bonchev–Trinajstić information content (AvgIpc) is 1.83. The van der Waals surface area contributed by atoms with Crippen LogP contribution < -0.4 is 0 Å². The summed E-state index contributed by atoms with van der Waals surface area (Å²) in [5, 5.41) is 0. The Kier molecular flexibility index (Phi) is 2.15. The Hall–Kier alpha value is -0.00506. The highest BCUT2D eigenvalue weighted by Gasteiger charge is 2.27. The van der Waals surface area contributed by atoms with Crippen molar-refractivity contribution in [1.82, 2.24) is 0 Å². The second-order valence-corrected chi connectivity index (χ2v) is 3.33. The fraction of sp³-hybridized carbons (Fsp3) is 1.00. The van der Waals surface area contributed by atoms with Crippen molar-refractivity contribution in [3.63, 3.8) is 0 Å². The van der Waals surface area contributed by atoms with Gasteiger partial charge in [-0.15, -0.1) is 0 Å². The van der Waals surface area contributed by atoms with Crippen LogP contribution in [0.2, 0.25) is 12.6 Å². The van der Waals surface area contributed by atoms with E-state index in [0.717, 1.165) is 12.6 Å². The van der Waals surface area contributed by atoms with Crippen molar-refractivity contribution >= 4 is 7.28 Å². The lowest BCUT2D eigenvalue weighted by molar-refractivity contribution is 0.181. The van der Waals surface area contributed by atoms with Crippen LogP contribution in [0, 0.1) is 11.8 Å². The SMILES string of the molecule is CC1CBCC(C)C1F. The van der Waals surface area contributed by atoms with E-state index in [1.807, 2.05) is 13.8 Å². The highest BCUT2D eigenvalue weighted by Crippen LogP contribution is 2.28. The lowest BCUT2D eigenvalue weighted by Gasteiger charge is -2.27. The summed E-state index contributed by atoms with van der Waals surface area (Å²) in [7, 11) is 1.22. The van der Waals surface area contributed by atoms with Gasteiger partial charge in [-0.3, -0.25) is 0 Å². The van der Waals surface area contributed by atoms with Gasteiger partial charge in [0.05, 0.1) is 0 Å². The van der Waals surface area contributed by atoms with Crippen molar-refractivity contribution in [3.05, 3.63) is 0 Å². The van der Waals surface area contributed by atoms with Gasteiger partial charge < -0.3 is 0 Å². The molecule has 0 saturated carbocycles. The highest BCUT2D eigenvalue weighted by atomic mass is 19.1. The van der Waals surface area contributed by atoms with Gasteiger partial charge in [0.25, 0.3) is 0 Å². The first kappa shape index (κ1) is 7.11. The zero-order chi connectivity index (χ0) is 6.85. The fourth-order valence-electron chi connectivity index (χ4n) is 1.64. The molecule has 2 atom stereocenters. The summed E-state index contributed by atoms with van der Waals surface area (Å²) < 4.78 is 13.0. The van der Waals surface area contributed by atoms with E-state index in [1.54, 1.807) is 0 Å². The number of hydrogen-bond donors (Lipinski definition) is 0. The van der Waals surface area contributed by atoms with Crippen molar-refractivity contribution in [3.8, 4) is 0 Å². The molecule has 2 unspecified atom stereocenters. The molecule has 0 nitrogen and oxygen atoms in total. The Labute approximate surface area is 57.1 Å². The zero-order valence-electron chi connectivity index (χ0n) is 6.23. The average molecular weight is 128 g/mol. The topological polar surface area (TPSA) is 0 Å². The summed E-state index contributed by atoms with van der Waals surface area (Å²) in [6, 6.07) is 0. The highest BCUT2D eigenvalue weighted by molar-refractivity contribution is 6.35. The Bertz CT molecular complexity index is 84.9. The summed E-state index contributed by atoms with van der Waals surface area (Å²) in [6.45, 7) is 4.03. The van der Waals surface area contributed by atoms with Crippen LogP contribution in [-0.2, 0) is 0 Å². The molecule has 0 aromatic carbocycles. The maximum atomic E-state index is 13.0. The molecular weight excluding hydrogens is 114 g/mol. The van der Waals surface area contributed by atoms with Crippen molar-refractivity contribution in [2.45, 2.75) is 32.7 Å². The molecule has 0 aromatic heterocycles. The third-order valence-electron chi connectivity index (χ3n) is 2.41. The molecule has 52 valence electrons. The predicted octanol–water partition coefficient (Wildman–Crippen LogP) is 1.88. The minimum Gasteiger partial charge on any atom is -0.247 e. The van der Waals surface area contributed by atoms with Crippen LogP contribution in [-0.4, -0.2) is 13.5 Å². The molecule has 1 heterocycles. The van der Waals surface area contributed by atoms with E-state index >= 15 is 0 Å². The largest absolute Gasteiger partial charge is 0.247 e. The van der Waals surface area contributed by atoms with E-state index in [0.29, 0.717) is 11.8 Å². The number of alkyl halides is 1. The van der Waals surface area contributed by atoms with Gasteiger partial charge in [-0.05, 0) is 11.8 Å². The van der Waals surface area contributed by atoms with Crippen molar-refractivity contribution in [2.75, 3.05) is 0 Å². The second kappa shape index (κ2) is 2.72. The number of halogens is 1. The second-order valence-electron chi connectivity index (χ2n) is 3.33. The fourth-order valence-corrected chi connectivity index (χ4v) is 1.64. The molecule has 1 rings (SSSR count). The Morgan fingerprint density at radius 2 is 1.67 bits per heavy atom. The van der Waals surface area contributed by atoms with E-state index in [-0.39, 0.29) is 0 Å². The molecule has 0 amide bonds. The van der Waals surface area contributed by atoms with E-state index in [4.69, 9.17) is 0 Å². The van der Waals surface area contributed by atoms with Crippen LogP contribution in [0.15, 0.2) is 0 Å². The summed E-state index contributed by atoms with van der Waals surface area (Å²) in [6.07, 6.45) is 1.65. The maximum absolute atomic E-state index is 13.0. The molecule has 0 radical (unpaired) electrons. The van der Waals surface area contributed by atoms with Gasteiger partial charge in [-0.1, -0.05) is 26.5 Å². The summed E-state index contributed by atoms with van der Waals surface area (Å²) in [5.41, 5.74) is 0. The molecule has 9 heavy (non-hydrogen) atoms. The molecule has 0 N–H and O–H groups in total. The predicted molar refractivity (Wildman–Crippen MR) is 40.0 cm³/mol. The molecule has 1 aliphatic rings. The molecule has 1 aliphatic heterocycles. The Morgan fingerprint density at radius 3 is 2.00 bits per heavy atom. The number of rotatable bonds is 0. The smallest absolute Gasteiger partial charge is 0.121 e. The Balaban J connectivity index is 2.41. The van der Waals surface area contributed by atoms with Gasteiger partial charge in [-0.2, -0.15) is 0 Å². The van der Waals surface area contributed by atoms with Crippen molar-refractivity contribution < 1.29 is 4.39 Å². The quantitative estimate of drug-likeness (QED) is 0.437. The maximum Gasteiger partial charge on any atom is 0.121 e. The van der Waals surface area contributed by atoms with Gasteiger partial charge in [-0.25, -0.2) is 4.39 Å². The summed E-state index contributed by atoms with van der Waals surface area (Å²) in [4.78, 5) is 0. The molecular formula is C7H14BF. The van der Waals surface area contributed by atoms with Crippen molar-refractivity contribution in [2.24, 2.45) is 11.8 Å². The standard InChI is InChI=1S/C7H14BF/c1-5-3-8-4-6(2)7(5)9/h5-8H,3-4H2,1-2H3. The molecule has 0 aromatic rings. The van der Waals surface area contributed by atoms with E-state index < -0.39 is 6.17 Å². The summed E-state index contributed by atoms with van der Waals surface area (Å²) >= 11 is 0. The number of hydrogen-bond acceptors (Lipinski definition) is 0. The van der Waals surface area contributed by atoms with Crippen LogP contribution in [0.25, 0.3) is 0 Å². The minimum absolute atomic E-state index is 0.314. The minimum atomic E-state index is -0.529. The van der Waals surface area contributed by atoms with E-state index in [9.17, 15) is 4.39 Å². The van der Waals surface area contributed by atoms with Crippen LogP contribution in [0.5, 0.6) is 0 Å². The van der Waals surface area contributed by atoms with Crippen LogP contribution >= 0.6 is 0 Å². The van der Waals surface area contributed by atoms with Gasteiger partial charge in [0, 0.05) is 0 Å². The molecule has 1 saturated heterocycles. The van der Waals surface area contributed by atoms with Crippen LogP contribution in [0.3, 0.4) is 0 Å². The van der Waals surface area contributed by atoms with Crippen molar-refractivity contribution in [1.29, 1.82) is 0 Å². The lowest BCUT2D eigenvalue weighted by Crippen LogP contribution is -2.28. The first-order valence-corrected chi connectivity index (χ1v) is 3.86.